The molecule has 1 aliphatic heterocycles. The summed E-state index contributed by atoms with van der Waals surface area (Å²) in [7, 11) is 7.10. The quantitative estimate of drug-likeness (QED) is 0.598. The van der Waals surface area contributed by atoms with Gasteiger partial charge in [0, 0.05) is 34.3 Å². The molecule has 1 N–H and O–H groups in total. The number of carbonyl (C=O) groups excluding carboxylic acids is 1. The number of methoxy groups -OCH3 is 2. The molecule has 3 aromatic rings. The van der Waals surface area contributed by atoms with Gasteiger partial charge < -0.3 is 29.2 Å². The largest absolute Gasteiger partial charge is 0.493 e. The number of thiophene rings is 1. The van der Waals surface area contributed by atoms with Gasteiger partial charge in [-0.2, -0.15) is 0 Å². The number of aryl methyl sites for hydroxylation is 1. The van der Waals surface area contributed by atoms with Crippen LogP contribution in [-0.4, -0.2) is 59.0 Å². The van der Waals surface area contributed by atoms with Gasteiger partial charge in [-0.05, 0) is 50.2 Å². The molecule has 0 radical (unpaired) electrons. The van der Waals surface area contributed by atoms with Crippen molar-refractivity contribution in [2.75, 3.05) is 48.2 Å². The zero-order chi connectivity index (χ0) is 22.1. The number of rotatable bonds is 7. The SMILES string of the molecule is COc1cc(C(=O)NCCN(C)C)c(-c2sc3cc4c(cc3c2C)OCO4)cc1OC. The number of benzene rings is 2. The standard InChI is InChI=1S/C23H26N2O5S/c1-13-14-8-19-20(30-12-29-19)11-21(14)31-22(13)15-9-17(27-4)18(28-5)10-16(15)23(26)24-6-7-25(2)3/h8-11H,6-7,12H2,1-5H3,(H,24,26). The van der Waals surface area contributed by atoms with Crippen LogP contribution in [0.4, 0.5) is 0 Å². The molecular weight excluding hydrogens is 416 g/mol. The first-order chi connectivity index (χ1) is 14.9. The van der Waals surface area contributed by atoms with E-state index in [0.29, 0.717) is 23.6 Å². The lowest BCUT2D eigenvalue weighted by Crippen LogP contribution is -2.31. The van der Waals surface area contributed by atoms with Gasteiger partial charge in [0.25, 0.3) is 5.91 Å². The number of ether oxygens (including phenoxy) is 4. The fourth-order valence-electron chi connectivity index (χ4n) is 3.61. The molecule has 0 atom stereocenters. The second kappa shape index (κ2) is 8.64. The van der Waals surface area contributed by atoms with E-state index in [0.717, 1.165) is 44.1 Å². The Balaban J connectivity index is 1.83. The minimum absolute atomic E-state index is 0.149. The molecule has 0 bridgehead atoms. The lowest BCUT2D eigenvalue weighted by Gasteiger charge is -2.16. The molecule has 1 aliphatic rings. The average molecular weight is 443 g/mol. The van der Waals surface area contributed by atoms with Crippen molar-refractivity contribution in [1.29, 1.82) is 0 Å². The van der Waals surface area contributed by atoms with Crippen molar-refractivity contribution in [1.82, 2.24) is 10.2 Å². The molecule has 0 spiro atoms. The maximum Gasteiger partial charge on any atom is 0.252 e. The van der Waals surface area contributed by atoms with Gasteiger partial charge in [0.15, 0.2) is 23.0 Å². The zero-order valence-electron chi connectivity index (χ0n) is 18.3. The molecule has 1 amide bonds. The molecule has 1 aromatic heterocycles. The minimum Gasteiger partial charge on any atom is -0.493 e. The van der Waals surface area contributed by atoms with E-state index < -0.39 is 0 Å². The first kappa shape index (κ1) is 21.3. The zero-order valence-corrected chi connectivity index (χ0v) is 19.1. The summed E-state index contributed by atoms with van der Waals surface area (Å²) in [5, 5.41) is 4.09. The average Bonchev–Trinajstić information content (AvgIpc) is 3.34. The summed E-state index contributed by atoms with van der Waals surface area (Å²) < 4.78 is 23.1. The number of nitrogens with one attached hydrogen (secondary N) is 1. The molecule has 7 nitrogen and oxygen atoms in total. The van der Waals surface area contributed by atoms with Gasteiger partial charge in [0.1, 0.15) is 0 Å². The Morgan fingerprint density at radius 3 is 2.45 bits per heavy atom. The second-order valence-corrected chi connectivity index (χ2v) is 8.62. The molecule has 2 aromatic carbocycles. The molecule has 0 saturated carbocycles. The first-order valence-electron chi connectivity index (χ1n) is 9.95. The molecule has 0 aliphatic carbocycles. The van der Waals surface area contributed by atoms with Crippen LogP contribution in [0.25, 0.3) is 20.5 Å². The Labute approximate surface area is 185 Å². The van der Waals surface area contributed by atoms with Gasteiger partial charge in [0.05, 0.1) is 19.8 Å². The van der Waals surface area contributed by atoms with E-state index in [2.05, 4.69) is 12.2 Å². The van der Waals surface area contributed by atoms with Crippen molar-refractivity contribution in [3.8, 4) is 33.4 Å². The summed E-state index contributed by atoms with van der Waals surface area (Å²) in [6.45, 7) is 3.60. The molecule has 0 unspecified atom stereocenters. The fraction of sp³-hybridized carbons (Fsp3) is 0.348. The maximum absolute atomic E-state index is 13.1. The van der Waals surface area contributed by atoms with Gasteiger partial charge in [-0.1, -0.05) is 0 Å². The van der Waals surface area contributed by atoms with Crippen LogP contribution in [0.3, 0.4) is 0 Å². The van der Waals surface area contributed by atoms with Crippen molar-refractivity contribution >= 4 is 27.3 Å². The summed E-state index contributed by atoms with van der Waals surface area (Å²) in [4.78, 5) is 16.1. The highest BCUT2D eigenvalue weighted by atomic mass is 32.1. The third-order valence-corrected chi connectivity index (χ3v) is 6.58. The number of carbonyl (C=O) groups is 1. The highest BCUT2D eigenvalue weighted by molar-refractivity contribution is 7.22. The number of amides is 1. The summed E-state index contributed by atoms with van der Waals surface area (Å²) >= 11 is 1.62. The van der Waals surface area contributed by atoms with E-state index in [1.165, 1.54) is 0 Å². The molecule has 2 heterocycles. The number of nitrogens with zero attached hydrogens (tertiary/aromatic N) is 1. The molecule has 4 rings (SSSR count). The van der Waals surface area contributed by atoms with E-state index in [9.17, 15) is 4.79 Å². The fourth-order valence-corrected chi connectivity index (χ4v) is 4.86. The Kier molecular flexibility index (Phi) is 5.93. The van der Waals surface area contributed by atoms with E-state index in [4.69, 9.17) is 18.9 Å². The van der Waals surface area contributed by atoms with Crippen LogP contribution in [0.1, 0.15) is 15.9 Å². The maximum atomic E-state index is 13.1. The number of hydrogen-bond acceptors (Lipinski definition) is 7. The lowest BCUT2D eigenvalue weighted by molar-refractivity contribution is 0.0951. The predicted molar refractivity (Wildman–Crippen MR) is 122 cm³/mol. The number of likely N-dealkylation sites (N-methyl/N-ethyl adjacent to an activating group) is 1. The molecule has 31 heavy (non-hydrogen) atoms. The van der Waals surface area contributed by atoms with Gasteiger partial charge in [-0.3, -0.25) is 4.79 Å². The first-order valence-corrected chi connectivity index (χ1v) is 10.8. The summed E-state index contributed by atoms with van der Waals surface area (Å²) in [6, 6.07) is 7.62. The summed E-state index contributed by atoms with van der Waals surface area (Å²) in [5.74, 6) is 2.43. The van der Waals surface area contributed by atoms with E-state index in [-0.39, 0.29) is 12.7 Å². The third-order valence-electron chi connectivity index (χ3n) is 5.29. The van der Waals surface area contributed by atoms with Crippen LogP contribution in [0.15, 0.2) is 24.3 Å². The van der Waals surface area contributed by atoms with Crippen LogP contribution in [0.5, 0.6) is 23.0 Å². The van der Waals surface area contributed by atoms with Crippen molar-refractivity contribution in [2.24, 2.45) is 0 Å². The van der Waals surface area contributed by atoms with Gasteiger partial charge >= 0.3 is 0 Å². The van der Waals surface area contributed by atoms with Crippen molar-refractivity contribution in [3.05, 3.63) is 35.4 Å². The van der Waals surface area contributed by atoms with Crippen LogP contribution in [0.2, 0.25) is 0 Å². The third kappa shape index (κ3) is 4.00. The lowest BCUT2D eigenvalue weighted by atomic mass is 10.00. The second-order valence-electron chi connectivity index (χ2n) is 7.57. The Bertz CT molecular complexity index is 1140. The van der Waals surface area contributed by atoms with Gasteiger partial charge in [-0.25, -0.2) is 0 Å². The smallest absolute Gasteiger partial charge is 0.252 e. The normalized spacial score (nSPS) is 12.5. The molecule has 8 heteroatoms. The van der Waals surface area contributed by atoms with Crippen molar-refractivity contribution in [3.63, 3.8) is 0 Å². The van der Waals surface area contributed by atoms with Crippen LogP contribution < -0.4 is 24.3 Å². The highest BCUT2D eigenvalue weighted by Crippen LogP contribution is 2.46. The Morgan fingerprint density at radius 1 is 1.10 bits per heavy atom. The van der Waals surface area contributed by atoms with E-state index in [1.54, 1.807) is 31.6 Å². The minimum atomic E-state index is -0.149. The van der Waals surface area contributed by atoms with Crippen LogP contribution in [0, 0.1) is 6.92 Å². The molecule has 0 fully saturated rings. The van der Waals surface area contributed by atoms with Crippen LogP contribution in [-0.2, 0) is 0 Å². The van der Waals surface area contributed by atoms with Gasteiger partial charge in [0.2, 0.25) is 6.79 Å². The van der Waals surface area contributed by atoms with Crippen LogP contribution >= 0.6 is 11.3 Å². The topological polar surface area (TPSA) is 69.3 Å². The summed E-state index contributed by atoms with van der Waals surface area (Å²) in [5.41, 5.74) is 2.43. The van der Waals surface area contributed by atoms with E-state index >= 15 is 0 Å². The Morgan fingerprint density at radius 2 is 1.77 bits per heavy atom. The highest BCUT2D eigenvalue weighted by Gasteiger charge is 2.23. The van der Waals surface area contributed by atoms with Gasteiger partial charge in [-0.15, -0.1) is 11.3 Å². The molecule has 164 valence electrons. The Hall–Kier alpha value is -2.97. The summed E-state index contributed by atoms with van der Waals surface area (Å²) in [6.07, 6.45) is 0. The predicted octanol–water partition coefficient (Wildman–Crippen LogP) is 3.91. The van der Waals surface area contributed by atoms with Crippen molar-refractivity contribution < 1.29 is 23.7 Å². The number of hydrogen-bond donors (Lipinski definition) is 1. The van der Waals surface area contributed by atoms with E-state index in [1.807, 2.05) is 37.2 Å². The number of fused-ring (bicyclic) bond motifs is 2. The molecule has 0 saturated heterocycles. The monoisotopic (exact) mass is 442 g/mol. The van der Waals surface area contributed by atoms with Crippen molar-refractivity contribution in [2.45, 2.75) is 6.92 Å². The molecular formula is C23H26N2O5S.